The molecule has 4 heteroatoms. The molecule has 1 aliphatic rings. The van der Waals surface area contributed by atoms with Crippen LogP contribution in [0, 0.1) is 0 Å². The molecule has 0 saturated carbocycles. The number of carbonyl (C=O) groups excluding carboxylic acids is 1. The zero-order valence-corrected chi connectivity index (χ0v) is 14.8. The third-order valence-electron chi connectivity index (χ3n) is 4.21. The molecule has 0 aliphatic carbocycles. The van der Waals surface area contributed by atoms with Gasteiger partial charge in [0.2, 0.25) is 5.91 Å². The van der Waals surface area contributed by atoms with Gasteiger partial charge < -0.3 is 15.5 Å². The zero-order chi connectivity index (χ0) is 16.7. The summed E-state index contributed by atoms with van der Waals surface area (Å²) in [6, 6.07) is 11.1. The highest BCUT2D eigenvalue weighted by molar-refractivity contribution is 5.78. The second-order valence-corrected chi connectivity index (χ2v) is 7.53. The zero-order valence-electron chi connectivity index (χ0n) is 14.8. The summed E-state index contributed by atoms with van der Waals surface area (Å²) in [5.74, 6) is 0.0870. The van der Waals surface area contributed by atoms with Crippen molar-refractivity contribution in [2.75, 3.05) is 26.2 Å². The van der Waals surface area contributed by atoms with Crippen molar-refractivity contribution in [1.29, 1.82) is 0 Å². The summed E-state index contributed by atoms with van der Waals surface area (Å²) in [5.41, 5.74) is 1.26. The lowest BCUT2D eigenvalue weighted by molar-refractivity contribution is -0.121. The summed E-state index contributed by atoms with van der Waals surface area (Å²) in [4.78, 5) is 14.4. The number of rotatable bonds is 6. The molecule has 1 heterocycles. The maximum atomic E-state index is 11.8. The summed E-state index contributed by atoms with van der Waals surface area (Å²) < 4.78 is 0. The fourth-order valence-corrected chi connectivity index (χ4v) is 2.99. The van der Waals surface area contributed by atoms with Crippen LogP contribution in [0.4, 0.5) is 0 Å². The molecule has 23 heavy (non-hydrogen) atoms. The van der Waals surface area contributed by atoms with Gasteiger partial charge in [-0.2, -0.15) is 0 Å². The Morgan fingerprint density at radius 2 is 1.83 bits per heavy atom. The fraction of sp³-hybridized carbons (Fsp3) is 0.632. The largest absolute Gasteiger partial charge is 0.350 e. The molecule has 2 N–H and O–H groups in total. The number of carbonyl (C=O) groups is 1. The third kappa shape index (κ3) is 7.14. The molecule has 2 rings (SSSR count). The quantitative estimate of drug-likeness (QED) is 0.845. The molecular weight excluding hydrogens is 286 g/mol. The number of nitrogens with one attached hydrogen (secondary N) is 2. The second kappa shape index (κ2) is 8.46. The van der Waals surface area contributed by atoms with Crippen LogP contribution in [-0.4, -0.2) is 48.6 Å². The Bertz CT molecular complexity index is 473. The molecule has 1 saturated heterocycles. The van der Waals surface area contributed by atoms with Gasteiger partial charge in [-0.15, -0.1) is 0 Å². The van der Waals surface area contributed by atoms with E-state index in [1.54, 1.807) is 0 Å². The van der Waals surface area contributed by atoms with Crippen molar-refractivity contribution >= 4 is 5.91 Å². The Morgan fingerprint density at radius 1 is 1.17 bits per heavy atom. The first-order valence-electron chi connectivity index (χ1n) is 8.73. The van der Waals surface area contributed by atoms with Crippen LogP contribution in [0.3, 0.4) is 0 Å². The Balaban J connectivity index is 1.61. The molecule has 4 nitrogen and oxygen atoms in total. The first-order chi connectivity index (χ1) is 10.9. The smallest absolute Gasteiger partial charge is 0.234 e. The number of piperidine rings is 1. The molecule has 1 fully saturated rings. The van der Waals surface area contributed by atoms with Crippen molar-refractivity contribution in [2.45, 2.75) is 51.6 Å². The number of hydrogen-bond donors (Lipinski definition) is 2. The summed E-state index contributed by atoms with van der Waals surface area (Å²) in [6.07, 6.45) is 3.36. The number of benzene rings is 1. The molecule has 0 radical (unpaired) electrons. The van der Waals surface area contributed by atoms with Gasteiger partial charge in [0.15, 0.2) is 0 Å². The van der Waals surface area contributed by atoms with Gasteiger partial charge in [-0.25, -0.2) is 0 Å². The lowest BCUT2D eigenvalue weighted by Gasteiger charge is -2.32. The van der Waals surface area contributed by atoms with E-state index >= 15 is 0 Å². The van der Waals surface area contributed by atoms with Gasteiger partial charge in [-0.05, 0) is 58.7 Å². The minimum atomic E-state index is -0.153. The van der Waals surface area contributed by atoms with Gasteiger partial charge in [0.1, 0.15) is 0 Å². The van der Waals surface area contributed by atoms with Gasteiger partial charge in [-0.1, -0.05) is 30.3 Å². The summed E-state index contributed by atoms with van der Waals surface area (Å²) in [6.45, 7) is 9.81. The lowest BCUT2D eigenvalue weighted by Crippen LogP contribution is -2.49. The van der Waals surface area contributed by atoms with Crippen molar-refractivity contribution in [3.63, 3.8) is 0 Å². The van der Waals surface area contributed by atoms with Crippen molar-refractivity contribution in [3.8, 4) is 0 Å². The third-order valence-corrected chi connectivity index (χ3v) is 4.21. The highest BCUT2D eigenvalue weighted by Gasteiger charge is 2.20. The molecule has 1 amide bonds. The highest BCUT2D eigenvalue weighted by Crippen LogP contribution is 2.11. The molecule has 1 aromatic carbocycles. The number of amides is 1. The van der Waals surface area contributed by atoms with Crippen LogP contribution in [0.5, 0.6) is 0 Å². The van der Waals surface area contributed by atoms with Gasteiger partial charge in [0.25, 0.3) is 0 Å². The average Bonchev–Trinajstić information content (AvgIpc) is 2.51. The van der Waals surface area contributed by atoms with Gasteiger partial charge >= 0.3 is 0 Å². The lowest BCUT2D eigenvalue weighted by atomic mass is 10.0. The van der Waals surface area contributed by atoms with Gasteiger partial charge in [0, 0.05) is 18.1 Å². The van der Waals surface area contributed by atoms with E-state index in [1.165, 1.54) is 5.56 Å². The number of hydrogen-bond acceptors (Lipinski definition) is 3. The SMILES string of the molecule is CC(C)(C)NC(=O)CNC1CCN(CCc2ccccc2)CC1. The first-order valence-corrected chi connectivity index (χ1v) is 8.73. The summed E-state index contributed by atoms with van der Waals surface area (Å²) in [5, 5.41) is 6.39. The maximum absolute atomic E-state index is 11.8. The van der Waals surface area contributed by atoms with Crippen LogP contribution in [0.2, 0.25) is 0 Å². The first kappa shape index (κ1) is 18.0. The van der Waals surface area contributed by atoms with Gasteiger partial charge in [0.05, 0.1) is 6.54 Å². The fourth-order valence-electron chi connectivity index (χ4n) is 2.99. The van der Waals surface area contributed by atoms with Crippen molar-refractivity contribution < 1.29 is 4.79 Å². The van der Waals surface area contributed by atoms with Crippen LogP contribution in [0.25, 0.3) is 0 Å². The molecule has 0 atom stereocenters. The Morgan fingerprint density at radius 3 is 2.43 bits per heavy atom. The van der Waals surface area contributed by atoms with Crippen molar-refractivity contribution in [1.82, 2.24) is 15.5 Å². The maximum Gasteiger partial charge on any atom is 0.234 e. The average molecular weight is 317 g/mol. The number of nitrogens with zero attached hydrogens (tertiary/aromatic N) is 1. The molecular formula is C19H31N3O. The molecule has 0 bridgehead atoms. The van der Waals surface area contributed by atoms with Crippen LogP contribution in [0.15, 0.2) is 30.3 Å². The van der Waals surface area contributed by atoms with E-state index < -0.39 is 0 Å². The summed E-state index contributed by atoms with van der Waals surface area (Å²) >= 11 is 0. The normalized spacial score (nSPS) is 17.2. The van der Waals surface area contributed by atoms with E-state index in [2.05, 4.69) is 45.9 Å². The predicted octanol–water partition coefficient (Wildman–Crippen LogP) is 2.20. The van der Waals surface area contributed by atoms with Crippen LogP contribution < -0.4 is 10.6 Å². The Labute approximate surface area is 140 Å². The molecule has 0 unspecified atom stereocenters. The molecule has 1 aromatic rings. The van der Waals surface area contributed by atoms with Gasteiger partial charge in [-0.3, -0.25) is 4.79 Å². The van der Waals surface area contributed by atoms with E-state index in [0.717, 1.165) is 38.9 Å². The predicted molar refractivity (Wildman–Crippen MR) is 95.5 cm³/mol. The molecule has 0 aromatic heterocycles. The monoisotopic (exact) mass is 317 g/mol. The Hall–Kier alpha value is -1.39. The minimum Gasteiger partial charge on any atom is -0.350 e. The summed E-state index contributed by atoms with van der Waals surface area (Å²) in [7, 11) is 0. The van der Waals surface area contributed by atoms with E-state index in [9.17, 15) is 4.79 Å². The van der Waals surface area contributed by atoms with Crippen molar-refractivity contribution in [3.05, 3.63) is 35.9 Å². The standard InChI is InChI=1S/C19H31N3O/c1-19(2,3)21-18(23)15-20-17-10-13-22(14-11-17)12-9-16-7-5-4-6-8-16/h4-8,17,20H,9-15H2,1-3H3,(H,21,23). The van der Waals surface area contributed by atoms with E-state index in [1.807, 2.05) is 20.8 Å². The van der Waals surface area contributed by atoms with Crippen LogP contribution in [-0.2, 0) is 11.2 Å². The van der Waals surface area contributed by atoms with E-state index in [-0.39, 0.29) is 11.4 Å². The second-order valence-electron chi connectivity index (χ2n) is 7.53. The highest BCUT2D eigenvalue weighted by atomic mass is 16.2. The van der Waals surface area contributed by atoms with Crippen LogP contribution >= 0.6 is 0 Å². The molecule has 1 aliphatic heterocycles. The minimum absolute atomic E-state index is 0.0870. The van der Waals surface area contributed by atoms with E-state index in [4.69, 9.17) is 0 Å². The van der Waals surface area contributed by atoms with Crippen molar-refractivity contribution in [2.24, 2.45) is 0 Å². The number of likely N-dealkylation sites (tertiary alicyclic amines) is 1. The molecule has 0 spiro atoms. The molecule has 128 valence electrons. The van der Waals surface area contributed by atoms with Crippen LogP contribution in [0.1, 0.15) is 39.2 Å². The Kier molecular flexibility index (Phi) is 6.60. The van der Waals surface area contributed by atoms with E-state index in [0.29, 0.717) is 12.6 Å². The topological polar surface area (TPSA) is 44.4 Å².